The van der Waals surface area contributed by atoms with E-state index in [4.69, 9.17) is 14.2 Å². The van der Waals surface area contributed by atoms with Crippen molar-refractivity contribution in [1.29, 1.82) is 0 Å². The molecule has 2 aromatic heterocycles. The van der Waals surface area contributed by atoms with Crippen LogP contribution >= 0.6 is 11.3 Å². The Morgan fingerprint density at radius 3 is 2.29 bits per heavy atom. The normalized spacial score (nSPS) is 10.8. The van der Waals surface area contributed by atoms with Crippen LogP contribution in [-0.4, -0.2) is 47.0 Å². The van der Waals surface area contributed by atoms with Gasteiger partial charge in [0, 0.05) is 23.2 Å². The summed E-state index contributed by atoms with van der Waals surface area (Å²) in [7, 11) is 4.53. The standard InChI is InChI=1S/C21H21N5O4S/c1-5-17-23-24-21-26(17)25-20(31-21)12-6-8-14(9-7-12)22-19(27)13-10-15(28-2)18(30-4)16(11-13)29-3/h6-11H,5H2,1-4H3,(H,22,27). The Morgan fingerprint density at radius 2 is 1.71 bits per heavy atom. The molecule has 1 N–H and O–H groups in total. The lowest BCUT2D eigenvalue weighted by atomic mass is 10.1. The molecule has 0 aliphatic rings. The minimum atomic E-state index is -0.293. The monoisotopic (exact) mass is 439 g/mol. The molecule has 0 bridgehead atoms. The molecule has 0 spiro atoms. The lowest BCUT2D eigenvalue weighted by Gasteiger charge is -2.14. The minimum absolute atomic E-state index is 0.293. The Kier molecular flexibility index (Phi) is 5.72. The Morgan fingerprint density at radius 1 is 1.03 bits per heavy atom. The summed E-state index contributed by atoms with van der Waals surface area (Å²) in [4.78, 5) is 13.5. The van der Waals surface area contributed by atoms with Crippen LogP contribution in [0, 0.1) is 0 Å². The molecule has 10 heteroatoms. The molecule has 0 aliphatic carbocycles. The van der Waals surface area contributed by atoms with Crippen molar-refractivity contribution in [2.75, 3.05) is 26.6 Å². The maximum Gasteiger partial charge on any atom is 0.255 e. The van der Waals surface area contributed by atoms with Gasteiger partial charge in [0.15, 0.2) is 17.3 Å². The molecule has 0 saturated carbocycles. The van der Waals surface area contributed by atoms with Crippen LogP contribution < -0.4 is 19.5 Å². The molecule has 0 fully saturated rings. The van der Waals surface area contributed by atoms with Crippen molar-refractivity contribution in [3.05, 3.63) is 47.8 Å². The summed E-state index contributed by atoms with van der Waals surface area (Å²) < 4.78 is 17.7. The molecule has 31 heavy (non-hydrogen) atoms. The van der Waals surface area contributed by atoms with Crippen LogP contribution in [0.25, 0.3) is 15.5 Å². The van der Waals surface area contributed by atoms with E-state index in [-0.39, 0.29) is 5.91 Å². The number of anilines is 1. The highest BCUT2D eigenvalue weighted by Crippen LogP contribution is 2.38. The van der Waals surface area contributed by atoms with E-state index in [1.807, 2.05) is 31.2 Å². The molecular weight excluding hydrogens is 418 g/mol. The van der Waals surface area contributed by atoms with Crippen LogP contribution in [0.5, 0.6) is 17.2 Å². The maximum absolute atomic E-state index is 12.8. The van der Waals surface area contributed by atoms with Crippen molar-refractivity contribution in [2.45, 2.75) is 13.3 Å². The van der Waals surface area contributed by atoms with E-state index in [1.54, 1.807) is 16.6 Å². The Bertz CT molecular complexity index is 1210. The fourth-order valence-corrected chi connectivity index (χ4v) is 3.97. The molecule has 2 heterocycles. The van der Waals surface area contributed by atoms with E-state index in [0.29, 0.717) is 28.5 Å². The number of fused-ring (bicyclic) bond motifs is 1. The predicted octanol–water partition coefficient (Wildman–Crippen LogP) is 3.69. The maximum atomic E-state index is 12.8. The van der Waals surface area contributed by atoms with Crippen LogP contribution in [0.3, 0.4) is 0 Å². The van der Waals surface area contributed by atoms with Crippen LogP contribution in [-0.2, 0) is 6.42 Å². The number of carbonyl (C=O) groups excluding carboxylic acids is 1. The van der Waals surface area contributed by atoms with Gasteiger partial charge in [0.1, 0.15) is 5.01 Å². The summed E-state index contributed by atoms with van der Waals surface area (Å²) in [6.45, 7) is 2.01. The third-order valence-electron chi connectivity index (χ3n) is 4.69. The summed E-state index contributed by atoms with van der Waals surface area (Å²) in [5.41, 5.74) is 1.97. The number of aryl methyl sites for hydroxylation is 1. The number of aromatic nitrogens is 4. The molecule has 0 aliphatic heterocycles. The molecule has 160 valence electrons. The molecule has 1 amide bonds. The van der Waals surface area contributed by atoms with Crippen molar-refractivity contribution in [1.82, 2.24) is 19.8 Å². The highest BCUT2D eigenvalue weighted by Gasteiger charge is 2.17. The zero-order valence-electron chi connectivity index (χ0n) is 17.5. The topological polar surface area (TPSA) is 99.9 Å². The lowest BCUT2D eigenvalue weighted by Crippen LogP contribution is -2.12. The van der Waals surface area contributed by atoms with Gasteiger partial charge < -0.3 is 19.5 Å². The second kappa shape index (κ2) is 8.60. The number of ether oxygens (including phenoxy) is 3. The highest BCUT2D eigenvalue weighted by molar-refractivity contribution is 7.19. The summed E-state index contributed by atoms with van der Waals surface area (Å²) in [6.07, 6.45) is 0.760. The Balaban J connectivity index is 1.54. The van der Waals surface area contributed by atoms with Crippen molar-refractivity contribution in [2.24, 2.45) is 0 Å². The molecule has 2 aromatic carbocycles. The van der Waals surface area contributed by atoms with Gasteiger partial charge in [-0.1, -0.05) is 18.3 Å². The van der Waals surface area contributed by atoms with Crippen LogP contribution in [0.15, 0.2) is 36.4 Å². The molecule has 4 aromatic rings. The van der Waals surface area contributed by atoms with E-state index in [2.05, 4.69) is 20.6 Å². The smallest absolute Gasteiger partial charge is 0.255 e. The quantitative estimate of drug-likeness (QED) is 0.469. The van der Waals surface area contributed by atoms with Gasteiger partial charge in [-0.15, -0.1) is 10.2 Å². The fraction of sp³-hybridized carbons (Fsp3) is 0.238. The number of methoxy groups -OCH3 is 3. The van der Waals surface area contributed by atoms with Crippen molar-refractivity contribution in [3.63, 3.8) is 0 Å². The first-order chi connectivity index (χ1) is 15.1. The zero-order chi connectivity index (χ0) is 22.0. The van der Waals surface area contributed by atoms with E-state index >= 15 is 0 Å². The molecule has 0 radical (unpaired) electrons. The number of nitrogens with zero attached hydrogens (tertiary/aromatic N) is 4. The van der Waals surface area contributed by atoms with Crippen molar-refractivity contribution in [3.8, 4) is 27.8 Å². The minimum Gasteiger partial charge on any atom is -0.493 e. The van der Waals surface area contributed by atoms with Gasteiger partial charge in [-0.3, -0.25) is 4.79 Å². The zero-order valence-corrected chi connectivity index (χ0v) is 18.3. The molecule has 0 saturated heterocycles. The number of rotatable bonds is 7. The van der Waals surface area contributed by atoms with Gasteiger partial charge in [0.25, 0.3) is 5.91 Å². The Labute approximate surface area is 182 Å². The van der Waals surface area contributed by atoms with Crippen LogP contribution in [0.1, 0.15) is 23.1 Å². The highest BCUT2D eigenvalue weighted by atomic mass is 32.1. The van der Waals surface area contributed by atoms with Crippen LogP contribution in [0.4, 0.5) is 5.69 Å². The molecule has 4 rings (SSSR count). The molecular formula is C21H21N5O4S. The molecule has 9 nitrogen and oxygen atoms in total. The number of carbonyl (C=O) groups is 1. The SMILES string of the molecule is CCc1nnc2sc(-c3ccc(NC(=O)c4cc(OC)c(OC)c(OC)c4)cc3)nn12. The average molecular weight is 439 g/mol. The van der Waals surface area contributed by atoms with Crippen LogP contribution in [0.2, 0.25) is 0 Å². The predicted molar refractivity (Wildman–Crippen MR) is 118 cm³/mol. The number of hydrogen-bond acceptors (Lipinski definition) is 8. The second-order valence-corrected chi connectivity index (χ2v) is 7.47. The average Bonchev–Trinajstić information content (AvgIpc) is 3.39. The summed E-state index contributed by atoms with van der Waals surface area (Å²) in [5.74, 6) is 1.79. The van der Waals surface area contributed by atoms with Gasteiger partial charge in [0.05, 0.1) is 21.3 Å². The first-order valence-electron chi connectivity index (χ1n) is 9.50. The lowest BCUT2D eigenvalue weighted by molar-refractivity contribution is 0.102. The third kappa shape index (κ3) is 3.89. The van der Waals surface area contributed by atoms with Gasteiger partial charge in [0.2, 0.25) is 10.7 Å². The number of nitrogens with one attached hydrogen (secondary N) is 1. The first kappa shape index (κ1) is 20.6. The second-order valence-electron chi connectivity index (χ2n) is 6.52. The Hall–Kier alpha value is -3.66. The largest absolute Gasteiger partial charge is 0.493 e. The van der Waals surface area contributed by atoms with E-state index in [0.717, 1.165) is 27.8 Å². The fourth-order valence-electron chi connectivity index (χ4n) is 3.11. The number of benzene rings is 2. The number of hydrogen-bond donors (Lipinski definition) is 1. The summed E-state index contributed by atoms with van der Waals surface area (Å²) >= 11 is 1.47. The van der Waals surface area contributed by atoms with E-state index in [9.17, 15) is 4.79 Å². The molecule has 0 unspecified atom stereocenters. The van der Waals surface area contributed by atoms with Crippen molar-refractivity contribution < 1.29 is 19.0 Å². The van der Waals surface area contributed by atoms with E-state index < -0.39 is 0 Å². The van der Waals surface area contributed by atoms with Gasteiger partial charge in [-0.25, -0.2) is 0 Å². The summed E-state index contributed by atoms with van der Waals surface area (Å²) in [5, 5.41) is 16.6. The van der Waals surface area contributed by atoms with Gasteiger partial charge in [-0.2, -0.15) is 9.61 Å². The summed E-state index contributed by atoms with van der Waals surface area (Å²) in [6, 6.07) is 10.7. The van der Waals surface area contributed by atoms with Crippen molar-refractivity contribution >= 4 is 27.9 Å². The van der Waals surface area contributed by atoms with Gasteiger partial charge in [-0.05, 0) is 36.4 Å². The number of amides is 1. The third-order valence-corrected chi connectivity index (χ3v) is 5.64. The van der Waals surface area contributed by atoms with Gasteiger partial charge >= 0.3 is 0 Å². The first-order valence-corrected chi connectivity index (χ1v) is 10.3. The molecule has 0 atom stereocenters. The van der Waals surface area contributed by atoms with E-state index in [1.165, 1.54) is 32.7 Å².